The van der Waals surface area contributed by atoms with Gasteiger partial charge in [0.05, 0.1) is 20.2 Å². The van der Waals surface area contributed by atoms with E-state index in [1.807, 2.05) is 23.1 Å². The fourth-order valence-corrected chi connectivity index (χ4v) is 4.05. The van der Waals surface area contributed by atoms with E-state index in [1.165, 1.54) is 5.56 Å². The lowest BCUT2D eigenvalue weighted by Crippen LogP contribution is -2.52. The fourth-order valence-electron chi connectivity index (χ4n) is 4.05. The highest BCUT2D eigenvalue weighted by Gasteiger charge is 2.28. The second-order valence-corrected chi connectivity index (χ2v) is 8.04. The van der Waals surface area contributed by atoms with Crippen LogP contribution in [-0.2, 0) is 16.0 Å². The van der Waals surface area contributed by atoms with Gasteiger partial charge in [0.15, 0.2) is 0 Å². The van der Waals surface area contributed by atoms with Crippen LogP contribution in [0.2, 0.25) is 0 Å². The molecule has 4 rings (SSSR count). The molecule has 1 saturated heterocycles. The Morgan fingerprint density at radius 3 is 2.46 bits per heavy atom. The first-order valence-electron chi connectivity index (χ1n) is 10.3. The minimum absolute atomic E-state index is 0.132. The van der Waals surface area contributed by atoms with Gasteiger partial charge >= 0.3 is 0 Å². The maximum atomic E-state index is 12.9. The van der Waals surface area contributed by atoms with Crippen molar-refractivity contribution >= 4 is 17.5 Å². The van der Waals surface area contributed by atoms with Gasteiger partial charge in [0, 0.05) is 44.5 Å². The molecular weight excluding hydrogens is 356 g/mol. The van der Waals surface area contributed by atoms with E-state index >= 15 is 0 Å². The van der Waals surface area contributed by atoms with Crippen LogP contribution < -0.4 is 15.0 Å². The first kappa shape index (κ1) is 19.2. The van der Waals surface area contributed by atoms with E-state index in [4.69, 9.17) is 4.74 Å². The van der Waals surface area contributed by atoms with Crippen LogP contribution in [0.5, 0.6) is 5.75 Å². The number of aryl methyl sites for hydroxylation is 1. The Labute approximate surface area is 166 Å². The minimum atomic E-state index is 0.132. The van der Waals surface area contributed by atoms with Crippen LogP contribution >= 0.6 is 0 Å². The molecule has 1 aromatic carbocycles. The van der Waals surface area contributed by atoms with Crippen LogP contribution in [0.15, 0.2) is 18.2 Å². The minimum Gasteiger partial charge on any atom is -0.497 e. The SMILES string of the molecule is COc1ccc2c(c1)CCCN2C(=O)CN1CCN(CC(=O)NC2CC2)CC1. The van der Waals surface area contributed by atoms with E-state index in [9.17, 15) is 9.59 Å². The van der Waals surface area contributed by atoms with Gasteiger partial charge < -0.3 is 15.0 Å². The molecule has 1 saturated carbocycles. The molecule has 152 valence electrons. The van der Waals surface area contributed by atoms with Gasteiger partial charge in [-0.15, -0.1) is 0 Å². The first-order valence-corrected chi connectivity index (χ1v) is 10.3. The van der Waals surface area contributed by atoms with Gasteiger partial charge in [-0.1, -0.05) is 0 Å². The summed E-state index contributed by atoms with van der Waals surface area (Å²) in [6, 6.07) is 6.39. The number of nitrogens with zero attached hydrogens (tertiary/aromatic N) is 3. The molecule has 0 aromatic heterocycles. The summed E-state index contributed by atoms with van der Waals surface area (Å²) in [5.74, 6) is 1.13. The van der Waals surface area contributed by atoms with Crippen molar-refractivity contribution in [1.82, 2.24) is 15.1 Å². The summed E-state index contributed by atoms with van der Waals surface area (Å²) in [6.07, 6.45) is 4.20. The Morgan fingerprint density at radius 1 is 1.07 bits per heavy atom. The van der Waals surface area contributed by atoms with Crippen molar-refractivity contribution in [2.75, 3.05) is 57.8 Å². The van der Waals surface area contributed by atoms with Crippen molar-refractivity contribution in [3.05, 3.63) is 23.8 Å². The Bertz CT molecular complexity index is 726. The van der Waals surface area contributed by atoms with E-state index in [2.05, 4.69) is 15.1 Å². The van der Waals surface area contributed by atoms with E-state index < -0.39 is 0 Å². The number of nitrogens with one attached hydrogen (secondary N) is 1. The zero-order valence-corrected chi connectivity index (χ0v) is 16.7. The molecule has 0 radical (unpaired) electrons. The number of carbonyl (C=O) groups is 2. The highest BCUT2D eigenvalue weighted by atomic mass is 16.5. The Morgan fingerprint density at radius 2 is 1.79 bits per heavy atom. The van der Waals surface area contributed by atoms with Crippen LogP contribution in [0, 0.1) is 0 Å². The van der Waals surface area contributed by atoms with Crippen LogP contribution in [0.25, 0.3) is 0 Å². The van der Waals surface area contributed by atoms with Crippen LogP contribution in [0.4, 0.5) is 5.69 Å². The molecule has 0 unspecified atom stereocenters. The predicted molar refractivity (Wildman–Crippen MR) is 108 cm³/mol. The number of methoxy groups -OCH3 is 1. The number of carbonyl (C=O) groups excluding carboxylic acids is 2. The van der Waals surface area contributed by atoms with E-state index in [0.29, 0.717) is 19.1 Å². The summed E-state index contributed by atoms with van der Waals surface area (Å²) in [6.45, 7) is 5.00. The number of rotatable bonds is 6. The number of piperazine rings is 1. The Kier molecular flexibility index (Phi) is 5.82. The zero-order chi connectivity index (χ0) is 19.5. The summed E-state index contributed by atoms with van der Waals surface area (Å²) in [5, 5.41) is 3.04. The summed E-state index contributed by atoms with van der Waals surface area (Å²) in [7, 11) is 1.67. The van der Waals surface area contributed by atoms with Crippen LogP contribution in [0.1, 0.15) is 24.8 Å². The summed E-state index contributed by atoms with van der Waals surface area (Å²) in [4.78, 5) is 31.2. The number of fused-ring (bicyclic) bond motifs is 1. The van der Waals surface area contributed by atoms with Crippen molar-refractivity contribution in [2.45, 2.75) is 31.7 Å². The number of amides is 2. The van der Waals surface area contributed by atoms with Crippen molar-refractivity contribution in [1.29, 1.82) is 0 Å². The largest absolute Gasteiger partial charge is 0.497 e. The van der Waals surface area contributed by atoms with Gasteiger partial charge in [-0.05, 0) is 49.4 Å². The van der Waals surface area contributed by atoms with Gasteiger partial charge in [-0.25, -0.2) is 0 Å². The third kappa shape index (κ3) is 4.64. The highest BCUT2D eigenvalue weighted by molar-refractivity contribution is 5.96. The molecule has 7 nitrogen and oxygen atoms in total. The molecule has 2 heterocycles. The third-order valence-corrected chi connectivity index (χ3v) is 5.84. The molecule has 2 aliphatic heterocycles. The molecule has 0 bridgehead atoms. The summed E-state index contributed by atoms with van der Waals surface area (Å²) in [5.41, 5.74) is 2.21. The molecule has 0 spiro atoms. The van der Waals surface area contributed by atoms with Gasteiger partial charge in [0.2, 0.25) is 11.8 Å². The van der Waals surface area contributed by atoms with Gasteiger partial charge in [-0.3, -0.25) is 19.4 Å². The molecule has 0 atom stereocenters. The molecule has 7 heteroatoms. The number of hydrogen-bond acceptors (Lipinski definition) is 5. The first-order chi connectivity index (χ1) is 13.6. The lowest BCUT2D eigenvalue weighted by Gasteiger charge is -2.36. The highest BCUT2D eigenvalue weighted by Crippen LogP contribution is 2.30. The molecule has 1 N–H and O–H groups in total. The lowest BCUT2D eigenvalue weighted by molar-refractivity contribution is -0.124. The fraction of sp³-hybridized carbons (Fsp3) is 0.619. The number of benzene rings is 1. The van der Waals surface area contributed by atoms with Gasteiger partial charge in [0.1, 0.15) is 5.75 Å². The molecular formula is C21H30N4O3. The molecule has 28 heavy (non-hydrogen) atoms. The quantitative estimate of drug-likeness (QED) is 0.786. The monoisotopic (exact) mass is 386 g/mol. The normalized spacial score (nSPS) is 20.5. The molecule has 1 aliphatic carbocycles. The van der Waals surface area contributed by atoms with Crippen LogP contribution in [-0.4, -0.2) is 80.6 Å². The molecule has 3 aliphatic rings. The van der Waals surface area contributed by atoms with Gasteiger partial charge in [-0.2, -0.15) is 0 Å². The van der Waals surface area contributed by atoms with E-state index in [0.717, 1.165) is 69.8 Å². The number of hydrogen-bond donors (Lipinski definition) is 1. The molecule has 2 amide bonds. The van der Waals surface area contributed by atoms with E-state index in [-0.39, 0.29) is 11.8 Å². The third-order valence-electron chi connectivity index (χ3n) is 5.84. The van der Waals surface area contributed by atoms with Crippen LogP contribution in [0.3, 0.4) is 0 Å². The van der Waals surface area contributed by atoms with Gasteiger partial charge in [0.25, 0.3) is 0 Å². The number of anilines is 1. The average molecular weight is 386 g/mol. The average Bonchev–Trinajstić information content (AvgIpc) is 3.52. The van der Waals surface area contributed by atoms with E-state index in [1.54, 1.807) is 7.11 Å². The van der Waals surface area contributed by atoms with Crippen molar-refractivity contribution < 1.29 is 14.3 Å². The number of ether oxygens (including phenoxy) is 1. The standard InChI is InChI=1S/C21H30N4O3/c1-28-18-6-7-19-16(13-18)3-2-8-25(19)21(27)15-24-11-9-23(10-12-24)14-20(26)22-17-4-5-17/h6-7,13,17H,2-5,8-12,14-15H2,1H3,(H,22,26). The Balaban J connectivity index is 1.27. The summed E-state index contributed by atoms with van der Waals surface area (Å²) < 4.78 is 5.31. The second-order valence-electron chi connectivity index (χ2n) is 8.04. The van der Waals surface area contributed by atoms with Crippen molar-refractivity contribution in [2.24, 2.45) is 0 Å². The van der Waals surface area contributed by atoms with Crippen molar-refractivity contribution in [3.63, 3.8) is 0 Å². The molecule has 2 fully saturated rings. The summed E-state index contributed by atoms with van der Waals surface area (Å²) >= 11 is 0. The maximum absolute atomic E-state index is 12.9. The smallest absolute Gasteiger partial charge is 0.241 e. The second kappa shape index (κ2) is 8.49. The predicted octanol–water partition coefficient (Wildman–Crippen LogP) is 0.871. The Hall–Kier alpha value is -2.12. The lowest BCUT2D eigenvalue weighted by atomic mass is 10.0. The maximum Gasteiger partial charge on any atom is 0.241 e. The van der Waals surface area contributed by atoms with Crippen molar-refractivity contribution in [3.8, 4) is 5.75 Å². The zero-order valence-electron chi connectivity index (χ0n) is 16.7. The molecule has 1 aromatic rings. The topological polar surface area (TPSA) is 65.1 Å².